The van der Waals surface area contributed by atoms with Crippen LogP contribution in [0.15, 0.2) is 48.5 Å². The number of benzene rings is 2. The molecule has 1 N–H and O–H groups in total. The van der Waals surface area contributed by atoms with Gasteiger partial charge in [-0.3, -0.25) is 0 Å². The Labute approximate surface area is 123 Å². The van der Waals surface area contributed by atoms with Crippen LogP contribution in [0.25, 0.3) is 11.1 Å². The van der Waals surface area contributed by atoms with Crippen molar-refractivity contribution in [2.24, 2.45) is 0 Å². The average molecular weight is 267 g/mol. The maximum absolute atomic E-state index is 3.55. The summed E-state index contributed by atoms with van der Waals surface area (Å²) in [7, 11) is 0. The van der Waals surface area contributed by atoms with E-state index in [-0.39, 0.29) is 0 Å². The molecular formula is C19H25N. The normalized spacial score (nSPS) is 12.3. The van der Waals surface area contributed by atoms with Gasteiger partial charge < -0.3 is 5.32 Å². The summed E-state index contributed by atoms with van der Waals surface area (Å²) in [4.78, 5) is 0. The molecule has 0 amide bonds. The largest absolute Gasteiger partial charge is 0.310 e. The van der Waals surface area contributed by atoms with Gasteiger partial charge in [-0.2, -0.15) is 0 Å². The molecule has 0 aromatic heterocycles. The second-order valence-corrected chi connectivity index (χ2v) is 5.35. The lowest BCUT2D eigenvalue weighted by Crippen LogP contribution is -2.19. The average Bonchev–Trinajstić information content (AvgIpc) is 2.52. The third kappa shape index (κ3) is 3.71. The van der Waals surface area contributed by atoms with Crippen LogP contribution in [0.3, 0.4) is 0 Å². The Balaban J connectivity index is 2.19. The van der Waals surface area contributed by atoms with Gasteiger partial charge in [-0.05, 0) is 54.6 Å². The molecule has 0 aliphatic heterocycles. The van der Waals surface area contributed by atoms with E-state index in [2.05, 4.69) is 74.6 Å². The van der Waals surface area contributed by atoms with Gasteiger partial charge in [0.2, 0.25) is 0 Å². The van der Waals surface area contributed by atoms with Crippen molar-refractivity contribution in [1.29, 1.82) is 0 Å². The molecule has 0 bridgehead atoms. The zero-order valence-electron chi connectivity index (χ0n) is 12.8. The van der Waals surface area contributed by atoms with Crippen molar-refractivity contribution in [2.45, 2.75) is 39.7 Å². The zero-order valence-corrected chi connectivity index (χ0v) is 12.8. The molecule has 20 heavy (non-hydrogen) atoms. The van der Waals surface area contributed by atoms with E-state index >= 15 is 0 Å². The molecular weight excluding hydrogens is 242 g/mol. The molecule has 0 aliphatic carbocycles. The van der Waals surface area contributed by atoms with Crippen molar-refractivity contribution in [2.75, 3.05) is 6.54 Å². The Morgan fingerprint density at radius 3 is 2.35 bits per heavy atom. The number of rotatable bonds is 6. The predicted molar refractivity (Wildman–Crippen MR) is 88.0 cm³/mol. The van der Waals surface area contributed by atoms with Crippen molar-refractivity contribution in [1.82, 2.24) is 5.32 Å². The molecule has 0 aliphatic rings. The third-order valence-corrected chi connectivity index (χ3v) is 3.78. The Hall–Kier alpha value is -1.60. The van der Waals surface area contributed by atoms with Crippen molar-refractivity contribution in [3.8, 4) is 11.1 Å². The van der Waals surface area contributed by atoms with Gasteiger partial charge >= 0.3 is 0 Å². The summed E-state index contributed by atoms with van der Waals surface area (Å²) in [6.45, 7) is 7.69. The van der Waals surface area contributed by atoms with Gasteiger partial charge in [0.25, 0.3) is 0 Å². The third-order valence-electron chi connectivity index (χ3n) is 3.78. The maximum Gasteiger partial charge on any atom is 0.0292 e. The standard InChI is InChI=1S/C19H25N/c1-4-13-20-15(3)18-7-6-8-19(14-18)17-11-9-16(5-2)10-12-17/h6-12,14-15,20H,4-5,13H2,1-3H3. The molecule has 1 heteroatoms. The lowest BCUT2D eigenvalue weighted by Gasteiger charge is -2.15. The minimum absolute atomic E-state index is 0.407. The Morgan fingerprint density at radius 2 is 1.70 bits per heavy atom. The van der Waals surface area contributed by atoms with Crippen LogP contribution in [0.5, 0.6) is 0 Å². The zero-order chi connectivity index (χ0) is 14.4. The topological polar surface area (TPSA) is 12.0 Å². The van der Waals surface area contributed by atoms with Gasteiger partial charge in [0.05, 0.1) is 0 Å². The highest BCUT2D eigenvalue weighted by Crippen LogP contribution is 2.23. The highest BCUT2D eigenvalue weighted by Gasteiger charge is 2.05. The summed E-state index contributed by atoms with van der Waals surface area (Å²) in [5.74, 6) is 0. The Bertz CT molecular complexity index is 528. The molecule has 2 rings (SSSR count). The highest BCUT2D eigenvalue weighted by atomic mass is 14.9. The van der Waals surface area contributed by atoms with E-state index in [0.717, 1.165) is 13.0 Å². The molecule has 106 valence electrons. The molecule has 2 aromatic carbocycles. The minimum atomic E-state index is 0.407. The second-order valence-electron chi connectivity index (χ2n) is 5.35. The Kier molecular flexibility index (Phi) is 5.37. The summed E-state index contributed by atoms with van der Waals surface area (Å²) in [6.07, 6.45) is 2.26. The number of aryl methyl sites for hydroxylation is 1. The van der Waals surface area contributed by atoms with E-state index < -0.39 is 0 Å². The van der Waals surface area contributed by atoms with Crippen LogP contribution in [0.1, 0.15) is 44.4 Å². The molecule has 0 spiro atoms. The minimum Gasteiger partial charge on any atom is -0.310 e. The molecule has 0 saturated heterocycles. The Morgan fingerprint density at radius 1 is 0.950 bits per heavy atom. The van der Waals surface area contributed by atoms with E-state index in [1.165, 1.54) is 28.7 Å². The van der Waals surface area contributed by atoms with Gasteiger partial charge in [-0.15, -0.1) is 0 Å². The molecule has 0 fully saturated rings. The number of hydrogen-bond acceptors (Lipinski definition) is 1. The first-order valence-corrected chi connectivity index (χ1v) is 7.67. The summed E-state index contributed by atoms with van der Waals surface area (Å²) in [6, 6.07) is 18.2. The van der Waals surface area contributed by atoms with Gasteiger partial charge in [0.15, 0.2) is 0 Å². The fraction of sp³-hybridized carbons (Fsp3) is 0.368. The smallest absolute Gasteiger partial charge is 0.0292 e. The van der Waals surface area contributed by atoms with Crippen molar-refractivity contribution in [3.05, 3.63) is 59.7 Å². The molecule has 0 heterocycles. The lowest BCUT2D eigenvalue weighted by molar-refractivity contribution is 0.571. The first-order valence-electron chi connectivity index (χ1n) is 7.67. The molecule has 1 unspecified atom stereocenters. The highest BCUT2D eigenvalue weighted by molar-refractivity contribution is 5.64. The van der Waals surface area contributed by atoms with E-state index in [1.54, 1.807) is 0 Å². The first kappa shape index (κ1) is 14.8. The van der Waals surface area contributed by atoms with E-state index in [9.17, 15) is 0 Å². The summed E-state index contributed by atoms with van der Waals surface area (Å²) >= 11 is 0. The SMILES string of the molecule is CCCNC(C)c1cccc(-c2ccc(CC)cc2)c1. The first-order chi connectivity index (χ1) is 9.74. The molecule has 0 saturated carbocycles. The fourth-order valence-corrected chi connectivity index (χ4v) is 2.40. The monoisotopic (exact) mass is 267 g/mol. The molecule has 0 radical (unpaired) electrons. The van der Waals surface area contributed by atoms with Crippen LogP contribution in [0, 0.1) is 0 Å². The van der Waals surface area contributed by atoms with Crippen LogP contribution < -0.4 is 5.32 Å². The van der Waals surface area contributed by atoms with Gasteiger partial charge in [0, 0.05) is 6.04 Å². The summed E-state index contributed by atoms with van der Waals surface area (Å²) in [5.41, 5.74) is 5.35. The van der Waals surface area contributed by atoms with Crippen molar-refractivity contribution < 1.29 is 0 Å². The van der Waals surface area contributed by atoms with Crippen LogP contribution >= 0.6 is 0 Å². The summed E-state index contributed by atoms with van der Waals surface area (Å²) in [5, 5.41) is 3.55. The quantitative estimate of drug-likeness (QED) is 0.778. The van der Waals surface area contributed by atoms with Gasteiger partial charge in [-0.25, -0.2) is 0 Å². The van der Waals surface area contributed by atoms with Crippen LogP contribution in [-0.4, -0.2) is 6.54 Å². The fourth-order valence-electron chi connectivity index (χ4n) is 2.40. The van der Waals surface area contributed by atoms with E-state index in [4.69, 9.17) is 0 Å². The lowest BCUT2D eigenvalue weighted by atomic mass is 9.99. The van der Waals surface area contributed by atoms with Crippen molar-refractivity contribution >= 4 is 0 Å². The van der Waals surface area contributed by atoms with E-state index in [1.807, 2.05) is 0 Å². The number of hydrogen-bond donors (Lipinski definition) is 1. The van der Waals surface area contributed by atoms with E-state index in [0.29, 0.717) is 6.04 Å². The maximum atomic E-state index is 3.55. The summed E-state index contributed by atoms with van der Waals surface area (Å²) < 4.78 is 0. The second kappa shape index (κ2) is 7.25. The van der Waals surface area contributed by atoms with Gasteiger partial charge in [-0.1, -0.05) is 56.3 Å². The van der Waals surface area contributed by atoms with Gasteiger partial charge in [0.1, 0.15) is 0 Å². The van der Waals surface area contributed by atoms with Crippen LogP contribution in [0.2, 0.25) is 0 Å². The van der Waals surface area contributed by atoms with Crippen LogP contribution in [0.4, 0.5) is 0 Å². The molecule has 1 atom stereocenters. The number of nitrogens with one attached hydrogen (secondary N) is 1. The molecule has 1 nitrogen and oxygen atoms in total. The predicted octanol–water partition coefficient (Wildman–Crippen LogP) is 4.98. The molecule has 2 aromatic rings. The van der Waals surface area contributed by atoms with Crippen molar-refractivity contribution in [3.63, 3.8) is 0 Å². The van der Waals surface area contributed by atoms with Crippen LogP contribution in [-0.2, 0) is 6.42 Å².